The van der Waals surface area contributed by atoms with Crippen molar-refractivity contribution in [2.45, 2.75) is 20.0 Å². The molecule has 9 heteroatoms. The second-order valence-electron chi connectivity index (χ2n) is 6.77. The SMILES string of the molecule is Cc1cc(C(=O)Nc2cc(C)nn2-c2ccc(C(F)(F)F)cn2)c2ccccc2n1. The van der Waals surface area contributed by atoms with Crippen molar-refractivity contribution in [3.8, 4) is 5.82 Å². The largest absolute Gasteiger partial charge is 0.417 e. The standard InChI is InChI=1S/C21H16F3N5O/c1-12-9-16(15-5-3-4-6-17(15)26-12)20(30)27-19-10-13(2)28-29(19)18-8-7-14(11-25-18)21(22,23)24/h3-11H,1-2H3,(H,27,30). The van der Waals surface area contributed by atoms with Gasteiger partial charge < -0.3 is 5.32 Å². The maximum absolute atomic E-state index is 13.0. The normalized spacial score (nSPS) is 11.6. The molecule has 0 aliphatic rings. The van der Waals surface area contributed by atoms with E-state index in [0.29, 0.717) is 33.7 Å². The number of nitrogens with zero attached hydrogens (tertiary/aromatic N) is 4. The maximum Gasteiger partial charge on any atom is 0.417 e. The Bertz CT molecular complexity index is 1250. The van der Waals surface area contributed by atoms with E-state index in [1.54, 1.807) is 32.0 Å². The summed E-state index contributed by atoms with van der Waals surface area (Å²) in [4.78, 5) is 21.3. The smallest absolute Gasteiger partial charge is 0.306 e. The van der Waals surface area contributed by atoms with Gasteiger partial charge in [-0.2, -0.15) is 23.0 Å². The van der Waals surface area contributed by atoms with E-state index in [9.17, 15) is 18.0 Å². The van der Waals surface area contributed by atoms with E-state index in [2.05, 4.69) is 20.4 Å². The number of carbonyl (C=O) groups excluding carboxylic acids is 1. The number of pyridine rings is 2. The number of fused-ring (bicyclic) bond motifs is 1. The number of aryl methyl sites for hydroxylation is 2. The highest BCUT2D eigenvalue weighted by Gasteiger charge is 2.30. The number of amides is 1. The molecule has 0 atom stereocenters. The summed E-state index contributed by atoms with van der Waals surface area (Å²) in [6, 6.07) is 12.7. The number of carbonyl (C=O) groups is 1. The highest BCUT2D eigenvalue weighted by molar-refractivity contribution is 6.12. The zero-order valence-corrected chi connectivity index (χ0v) is 16.0. The van der Waals surface area contributed by atoms with Gasteiger partial charge in [-0.3, -0.25) is 9.78 Å². The zero-order valence-electron chi connectivity index (χ0n) is 16.0. The number of rotatable bonds is 3. The lowest BCUT2D eigenvalue weighted by Gasteiger charge is -2.11. The monoisotopic (exact) mass is 411 g/mol. The third-order valence-electron chi connectivity index (χ3n) is 4.45. The van der Waals surface area contributed by atoms with Crippen LogP contribution in [0.15, 0.2) is 54.7 Å². The van der Waals surface area contributed by atoms with Crippen molar-refractivity contribution in [1.82, 2.24) is 19.7 Å². The predicted octanol–water partition coefficient (Wildman–Crippen LogP) is 4.70. The van der Waals surface area contributed by atoms with Crippen LogP contribution in [0, 0.1) is 13.8 Å². The van der Waals surface area contributed by atoms with E-state index in [0.717, 1.165) is 12.3 Å². The van der Waals surface area contributed by atoms with Gasteiger partial charge in [0.05, 0.1) is 22.3 Å². The molecule has 0 bridgehead atoms. The number of para-hydroxylation sites is 1. The first kappa shape index (κ1) is 19.6. The van der Waals surface area contributed by atoms with E-state index in [-0.39, 0.29) is 11.7 Å². The number of anilines is 1. The lowest BCUT2D eigenvalue weighted by Crippen LogP contribution is -2.16. The fourth-order valence-electron chi connectivity index (χ4n) is 3.12. The topological polar surface area (TPSA) is 72.7 Å². The summed E-state index contributed by atoms with van der Waals surface area (Å²) < 4.78 is 39.7. The number of hydrogen-bond acceptors (Lipinski definition) is 4. The van der Waals surface area contributed by atoms with Crippen LogP contribution in [0.2, 0.25) is 0 Å². The number of hydrogen-bond donors (Lipinski definition) is 1. The molecule has 1 aromatic carbocycles. The first-order chi connectivity index (χ1) is 14.2. The van der Waals surface area contributed by atoms with Crippen LogP contribution < -0.4 is 5.32 Å². The number of benzene rings is 1. The van der Waals surface area contributed by atoms with Gasteiger partial charge in [0.25, 0.3) is 5.91 Å². The van der Waals surface area contributed by atoms with Crippen molar-refractivity contribution in [2.24, 2.45) is 0 Å². The van der Waals surface area contributed by atoms with Crippen LogP contribution >= 0.6 is 0 Å². The third kappa shape index (κ3) is 3.73. The molecule has 4 aromatic rings. The van der Waals surface area contributed by atoms with E-state index in [1.165, 1.54) is 10.7 Å². The van der Waals surface area contributed by atoms with Crippen LogP contribution in [-0.2, 0) is 6.18 Å². The Kier molecular flexibility index (Phi) is 4.73. The van der Waals surface area contributed by atoms with Crippen LogP contribution in [0.3, 0.4) is 0 Å². The Morgan fingerprint density at radius 1 is 1.03 bits per heavy atom. The molecule has 0 radical (unpaired) electrons. The Morgan fingerprint density at radius 3 is 2.50 bits per heavy atom. The van der Waals surface area contributed by atoms with Crippen molar-refractivity contribution in [2.75, 3.05) is 5.32 Å². The van der Waals surface area contributed by atoms with E-state index in [4.69, 9.17) is 0 Å². The lowest BCUT2D eigenvalue weighted by molar-refractivity contribution is -0.137. The van der Waals surface area contributed by atoms with Gasteiger partial charge in [0, 0.05) is 23.3 Å². The summed E-state index contributed by atoms with van der Waals surface area (Å²) in [5.41, 5.74) is 1.52. The molecule has 0 fully saturated rings. The Morgan fingerprint density at radius 2 is 1.80 bits per heavy atom. The maximum atomic E-state index is 13.0. The van der Waals surface area contributed by atoms with Gasteiger partial charge in [-0.15, -0.1) is 0 Å². The minimum atomic E-state index is -4.48. The van der Waals surface area contributed by atoms with Crippen molar-refractivity contribution in [3.63, 3.8) is 0 Å². The second kappa shape index (κ2) is 7.25. The molecule has 4 rings (SSSR count). The van der Waals surface area contributed by atoms with Crippen molar-refractivity contribution >= 4 is 22.6 Å². The second-order valence-corrected chi connectivity index (χ2v) is 6.77. The molecule has 0 saturated heterocycles. The molecular formula is C21H16F3N5O. The summed E-state index contributed by atoms with van der Waals surface area (Å²) in [7, 11) is 0. The summed E-state index contributed by atoms with van der Waals surface area (Å²) in [5.74, 6) is 0.0650. The third-order valence-corrected chi connectivity index (χ3v) is 4.45. The van der Waals surface area contributed by atoms with Crippen molar-refractivity contribution in [3.05, 3.63) is 77.2 Å². The van der Waals surface area contributed by atoms with Crippen molar-refractivity contribution in [1.29, 1.82) is 0 Å². The minimum absolute atomic E-state index is 0.155. The molecule has 3 heterocycles. The average Bonchev–Trinajstić information content (AvgIpc) is 3.06. The fraction of sp³-hybridized carbons (Fsp3) is 0.143. The number of halogens is 3. The van der Waals surface area contributed by atoms with Gasteiger partial charge in [0.15, 0.2) is 5.82 Å². The van der Waals surface area contributed by atoms with Gasteiger partial charge >= 0.3 is 6.18 Å². The average molecular weight is 411 g/mol. The molecule has 3 aromatic heterocycles. The molecule has 0 aliphatic heterocycles. The molecule has 0 aliphatic carbocycles. The first-order valence-electron chi connectivity index (χ1n) is 9.00. The molecule has 0 spiro atoms. The van der Waals surface area contributed by atoms with Gasteiger partial charge in [-0.25, -0.2) is 4.98 Å². The van der Waals surface area contributed by atoms with Gasteiger partial charge in [-0.05, 0) is 38.1 Å². The van der Waals surface area contributed by atoms with Crippen LogP contribution in [-0.4, -0.2) is 25.7 Å². The molecule has 1 N–H and O–H groups in total. The molecular weight excluding hydrogens is 395 g/mol. The van der Waals surface area contributed by atoms with Gasteiger partial charge in [0.2, 0.25) is 0 Å². The van der Waals surface area contributed by atoms with Crippen molar-refractivity contribution < 1.29 is 18.0 Å². The minimum Gasteiger partial charge on any atom is -0.306 e. The predicted molar refractivity (Wildman–Crippen MR) is 106 cm³/mol. The van der Waals surface area contributed by atoms with Crippen LogP contribution in [0.4, 0.5) is 19.0 Å². The Hall–Kier alpha value is -3.75. The number of alkyl halides is 3. The summed E-state index contributed by atoms with van der Waals surface area (Å²) in [6.07, 6.45) is -3.75. The molecule has 152 valence electrons. The Labute approximate surface area is 169 Å². The highest BCUT2D eigenvalue weighted by atomic mass is 19.4. The number of nitrogens with one attached hydrogen (secondary N) is 1. The highest BCUT2D eigenvalue weighted by Crippen LogP contribution is 2.29. The Balaban J connectivity index is 1.70. The van der Waals surface area contributed by atoms with Crippen LogP contribution in [0.1, 0.15) is 27.3 Å². The summed E-state index contributed by atoms with van der Waals surface area (Å²) >= 11 is 0. The van der Waals surface area contributed by atoms with Gasteiger partial charge in [0.1, 0.15) is 5.82 Å². The zero-order chi connectivity index (χ0) is 21.5. The molecule has 0 saturated carbocycles. The lowest BCUT2D eigenvalue weighted by atomic mass is 10.1. The van der Waals surface area contributed by atoms with Crippen LogP contribution in [0.5, 0.6) is 0 Å². The molecule has 0 unspecified atom stereocenters. The van der Waals surface area contributed by atoms with Gasteiger partial charge in [-0.1, -0.05) is 18.2 Å². The molecule has 1 amide bonds. The summed E-state index contributed by atoms with van der Waals surface area (Å²) in [5, 5.41) is 7.72. The first-order valence-corrected chi connectivity index (χ1v) is 9.00. The fourth-order valence-corrected chi connectivity index (χ4v) is 3.12. The quantitative estimate of drug-likeness (QED) is 0.530. The van der Waals surface area contributed by atoms with E-state index >= 15 is 0 Å². The summed E-state index contributed by atoms with van der Waals surface area (Å²) in [6.45, 7) is 3.51. The molecule has 30 heavy (non-hydrogen) atoms. The van der Waals surface area contributed by atoms with E-state index in [1.807, 2.05) is 18.2 Å². The van der Waals surface area contributed by atoms with Crippen LogP contribution in [0.25, 0.3) is 16.7 Å². The number of aromatic nitrogens is 4. The molecule has 6 nitrogen and oxygen atoms in total. The van der Waals surface area contributed by atoms with E-state index < -0.39 is 11.7 Å².